The Morgan fingerprint density at radius 2 is 2.12 bits per heavy atom. The largest absolute Gasteiger partial charge is 0.490 e. The molecule has 0 bridgehead atoms. The summed E-state index contributed by atoms with van der Waals surface area (Å²) in [5.74, 6) is 0.650. The van der Waals surface area contributed by atoms with Crippen molar-refractivity contribution in [3.63, 3.8) is 0 Å². The summed E-state index contributed by atoms with van der Waals surface area (Å²) in [6, 6.07) is 4.80. The van der Waals surface area contributed by atoms with Gasteiger partial charge in [0.25, 0.3) is 0 Å². The van der Waals surface area contributed by atoms with E-state index < -0.39 is 10.0 Å². The molecule has 2 rings (SSSR count). The van der Waals surface area contributed by atoms with Crippen molar-refractivity contribution in [2.75, 3.05) is 0 Å². The van der Waals surface area contributed by atoms with Crippen LogP contribution >= 0.6 is 0 Å². The number of sulfonamides is 1. The molecule has 1 aliphatic carbocycles. The molecule has 0 unspecified atom stereocenters. The number of primary sulfonamides is 1. The molecule has 16 heavy (non-hydrogen) atoms. The zero-order valence-corrected chi connectivity index (χ0v) is 9.96. The topological polar surface area (TPSA) is 69.4 Å². The molecule has 0 aliphatic heterocycles. The number of hydrogen-bond acceptors (Lipinski definition) is 3. The van der Waals surface area contributed by atoms with Crippen LogP contribution in [0.1, 0.15) is 25.3 Å². The summed E-state index contributed by atoms with van der Waals surface area (Å²) in [7, 11) is -3.65. The third-order valence-electron chi connectivity index (χ3n) is 2.57. The standard InChI is InChI=1S/C11H15NO3S/c1-2-8-3-6-10(16(12,13)14)7-11(8)15-9-4-5-9/h3,6-7,9H,2,4-5H2,1H3,(H2,12,13,14). The highest BCUT2D eigenvalue weighted by Gasteiger charge is 2.25. The minimum absolute atomic E-state index is 0.111. The lowest BCUT2D eigenvalue weighted by Gasteiger charge is -2.10. The molecule has 0 saturated heterocycles. The Bertz CT molecular complexity index is 492. The lowest BCUT2D eigenvalue weighted by atomic mass is 10.1. The maximum absolute atomic E-state index is 11.2. The van der Waals surface area contributed by atoms with Gasteiger partial charge in [-0.1, -0.05) is 13.0 Å². The minimum atomic E-state index is -3.65. The average Bonchev–Trinajstić information content (AvgIpc) is 3.00. The first kappa shape index (κ1) is 11.4. The number of nitrogens with two attached hydrogens (primary N) is 1. The summed E-state index contributed by atoms with van der Waals surface area (Å²) in [6.45, 7) is 2.01. The van der Waals surface area contributed by atoms with E-state index in [0.29, 0.717) is 5.75 Å². The van der Waals surface area contributed by atoms with Crippen LogP contribution in [0.4, 0.5) is 0 Å². The molecule has 4 nitrogen and oxygen atoms in total. The van der Waals surface area contributed by atoms with Gasteiger partial charge in [-0.3, -0.25) is 0 Å². The highest BCUT2D eigenvalue weighted by Crippen LogP contribution is 2.30. The molecule has 0 radical (unpaired) electrons. The zero-order valence-electron chi connectivity index (χ0n) is 9.14. The van der Waals surface area contributed by atoms with Gasteiger partial charge in [0.2, 0.25) is 10.0 Å². The Balaban J connectivity index is 2.37. The average molecular weight is 241 g/mol. The lowest BCUT2D eigenvalue weighted by molar-refractivity contribution is 0.299. The van der Waals surface area contributed by atoms with Crippen molar-refractivity contribution in [3.8, 4) is 5.75 Å². The molecule has 1 aromatic carbocycles. The summed E-state index contributed by atoms with van der Waals surface area (Å²) in [4.78, 5) is 0.111. The molecular formula is C11H15NO3S. The molecule has 5 heteroatoms. The van der Waals surface area contributed by atoms with Crippen LogP contribution in [0.15, 0.2) is 23.1 Å². The maximum atomic E-state index is 11.2. The molecule has 1 fully saturated rings. The van der Waals surface area contributed by atoms with Crippen molar-refractivity contribution in [3.05, 3.63) is 23.8 Å². The first-order chi connectivity index (χ1) is 7.50. The number of rotatable bonds is 4. The molecule has 1 aliphatic rings. The third kappa shape index (κ3) is 2.54. The van der Waals surface area contributed by atoms with Crippen molar-refractivity contribution >= 4 is 10.0 Å². The first-order valence-corrected chi connectivity index (χ1v) is 6.87. The Morgan fingerprint density at radius 1 is 1.44 bits per heavy atom. The third-order valence-corrected chi connectivity index (χ3v) is 3.48. The maximum Gasteiger partial charge on any atom is 0.238 e. The Labute approximate surface area is 95.5 Å². The summed E-state index contributed by atoms with van der Waals surface area (Å²) in [5.41, 5.74) is 1.01. The Kier molecular flexibility index (Phi) is 2.90. The number of hydrogen-bond donors (Lipinski definition) is 1. The molecule has 0 amide bonds. The second-order valence-electron chi connectivity index (χ2n) is 3.99. The van der Waals surface area contributed by atoms with Crippen molar-refractivity contribution in [2.24, 2.45) is 5.14 Å². The number of benzene rings is 1. The van der Waals surface area contributed by atoms with Crippen LogP contribution in [0.5, 0.6) is 5.75 Å². The molecule has 0 heterocycles. The Morgan fingerprint density at radius 3 is 2.62 bits per heavy atom. The van der Waals surface area contributed by atoms with E-state index >= 15 is 0 Å². The summed E-state index contributed by atoms with van der Waals surface area (Å²) >= 11 is 0. The predicted octanol–water partition coefficient (Wildman–Crippen LogP) is 1.44. The van der Waals surface area contributed by atoms with Gasteiger partial charge in [0.1, 0.15) is 5.75 Å². The van der Waals surface area contributed by atoms with Crippen LogP contribution in [0.2, 0.25) is 0 Å². The SMILES string of the molecule is CCc1ccc(S(N)(=O)=O)cc1OC1CC1. The van der Waals surface area contributed by atoms with Crippen LogP contribution in [0, 0.1) is 0 Å². The Hall–Kier alpha value is -1.07. The number of aryl methyl sites for hydroxylation is 1. The zero-order chi connectivity index (χ0) is 11.8. The predicted molar refractivity (Wildman–Crippen MR) is 60.8 cm³/mol. The molecule has 0 aromatic heterocycles. The van der Waals surface area contributed by atoms with E-state index in [4.69, 9.17) is 9.88 Å². The molecule has 2 N–H and O–H groups in total. The van der Waals surface area contributed by atoms with E-state index in [1.807, 2.05) is 6.92 Å². The minimum Gasteiger partial charge on any atom is -0.490 e. The molecule has 1 saturated carbocycles. The van der Waals surface area contributed by atoms with Crippen molar-refractivity contribution < 1.29 is 13.2 Å². The summed E-state index contributed by atoms with van der Waals surface area (Å²) in [5, 5.41) is 5.08. The van der Waals surface area contributed by atoms with Crippen molar-refractivity contribution in [2.45, 2.75) is 37.2 Å². The smallest absolute Gasteiger partial charge is 0.238 e. The van der Waals surface area contributed by atoms with Gasteiger partial charge in [-0.15, -0.1) is 0 Å². The van der Waals surface area contributed by atoms with Gasteiger partial charge in [-0.25, -0.2) is 13.6 Å². The van der Waals surface area contributed by atoms with E-state index in [9.17, 15) is 8.42 Å². The monoisotopic (exact) mass is 241 g/mol. The molecule has 88 valence electrons. The van der Waals surface area contributed by atoms with E-state index in [-0.39, 0.29) is 11.0 Å². The summed E-state index contributed by atoms with van der Waals surface area (Å²) < 4.78 is 28.1. The van der Waals surface area contributed by atoms with Gasteiger partial charge in [0, 0.05) is 6.07 Å². The van der Waals surface area contributed by atoms with E-state index in [0.717, 1.165) is 24.8 Å². The highest BCUT2D eigenvalue weighted by molar-refractivity contribution is 7.89. The molecule has 1 aromatic rings. The van der Waals surface area contributed by atoms with Crippen molar-refractivity contribution in [1.29, 1.82) is 0 Å². The first-order valence-electron chi connectivity index (χ1n) is 5.33. The van der Waals surface area contributed by atoms with Crippen LogP contribution < -0.4 is 9.88 Å². The van der Waals surface area contributed by atoms with Crippen LogP contribution in [-0.4, -0.2) is 14.5 Å². The molecule has 0 atom stereocenters. The van der Waals surface area contributed by atoms with Crippen molar-refractivity contribution in [1.82, 2.24) is 0 Å². The fourth-order valence-corrected chi connectivity index (χ4v) is 2.01. The highest BCUT2D eigenvalue weighted by atomic mass is 32.2. The fraction of sp³-hybridized carbons (Fsp3) is 0.455. The normalized spacial score (nSPS) is 16.1. The lowest BCUT2D eigenvalue weighted by Crippen LogP contribution is -2.12. The molecule has 0 spiro atoms. The van der Waals surface area contributed by atoms with Gasteiger partial charge >= 0.3 is 0 Å². The van der Waals surface area contributed by atoms with Crippen LogP contribution in [-0.2, 0) is 16.4 Å². The van der Waals surface area contributed by atoms with Crippen LogP contribution in [0.25, 0.3) is 0 Å². The van der Waals surface area contributed by atoms with Crippen LogP contribution in [0.3, 0.4) is 0 Å². The van der Waals surface area contributed by atoms with Gasteiger partial charge in [0.05, 0.1) is 11.0 Å². The van der Waals surface area contributed by atoms with E-state index in [2.05, 4.69) is 0 Å². The fourth-order valence-electron chi connectivity index (χ4n) is 1.48. The van der Waals surface area contributed by atoms with E-state index in [1.54, 1.807) is 6.07 Å². The van der Waals surface area contributed by atoms with Gasteiger partial charge in [0.15, 0.2) is 0 Å². The molecular weight excluding hydrogens is 226 g/mol. The van der Waals surface area contributed by atoms with Gasteiger partial charge < -0.3 is 4.74 Å². The second kappa shape index (κ2) is 4.07. The number of ether oxygens (including phenoxy) is 1. The quantitative estimate of drug-likeness (QED) is 0.867. The van der Waals surface area contributed by atoms with E-state index in [1.165, 1.54) is 12.1 Å². The second-order valence-corrected chi connectivity index (χ2v) is 5.55. The van der Waals surface area contributed by atoms with Gasteiger partial charge in [-0.2, -0.15) is 0 Å². The summed E-state index contributed by atoms with van der Waals surface area (Å²) in [6.07, 6.45) is 3.15. The van der Waals surface area contributed by atoms with Gasteiger partial charge in [-0.05, 0) is 30.9 Å².